The molecule has 0 radical (unpaired) electrons. The fourth-order valence-electron chi connectivity index (χ4n) is 2.03. The maximum Gasteiger partial charge on any atom is 0.159 e. The van der Waals surface area contributed by atoms with E-state index < -0.39 is 0 Å². The van der Waals surface area contributed by atoms with Crippen LogP contribution >= 0.6 is 11.6 Å². The summed E-state index contributed by atoms with van der Waals surface area (Å²) >= 11 is 5.96. The fourth-order valence-corrected chi connectivity index (χ4v) is 2.26. The number of aromatic nitrogens is 2. The molecular weight excluding hydrogens is 302 g/mol. The van der Waals surface area contributed by atoms with E-state index in [0.717, 1.165) is 11.3 Å². The largest absolute Gasteiger partial charge is 0.393 e. The summed E-state index contributed by atoms with van der Waals surface area (Å²) in [5, 5.41) is 7.10. The van der Waals surface area contributed by atoms with E-state index in [4.69, 9.17) is 22.1 Å². The number of halogens is 1. The van der Waals surface area contributed by atoms with Crippen molar-refractivity contribution < 1.29 is 4.74 Å². The van der Waals surface area contributed by atoms with Gasteiger partial charge in [-0.3, -0.25) is 0 Å². The van der Waals surface area contributed by atoms with Crippen LogP contribution in [0.25, 0.3) is 0 Å². The van der Waals surface area contributed by atoms with Gasteiger partial charge in [0.05, 0.1) is 6.61 Å². The van der Waals surface area contributed by atoms with Gasteiger partial charge in [0.2, 0.25) is 0 Å². The number of hydrogen-bond acceptors (Lipinski definition) is 6. The van der Waals surface area contributed by atoms with Crippen LogP contribution in [0.3, 0.4) is 0 Å². The molecule has 6 nitrogen and oxygen atoms in total. The third-order valence-electron chi connectivity index (χ3n) is 3.13. The predicted octanol–water partition coefficient (Wildman–Crippen LogP) is 3.21. The monoisotopic (exact) mass is 321 g/mol. The van der Waals surface area contributed by atoms with Crippen molar-refractivity contribution in [2.75, 3.05) is 30.1 Å². The van der Waals surface area contributed by atoms with Gasteiger partial charge in [-0.2, -0.15) is 0 Å². The van der Waals surface area contributed by atoms with Gasteiger partial charge in [0.1, 0.15) is 12.0 Å². The number of ether oxygens (including phenoxy) is 1. The minimum Gasteiger partial charge on any atom is -0.393 e. The lowest BCUT2D eigenvalue weighted by Gasteiger charge is -2.17. The van der Waals surface area contributed by atoms with Crippen LogP contribution in [-0.2, 0) is 4.74 Å². The highest BCUT2D eigenvalue weighted by Crippen LogP contribution is 2.28. The summed E-state index contributed by atoms with van der Waals surface area (Å²) in [6, 6.07) is 5.67. The van der Waals surface area contributed by atoms with Gasteiger partial charge in [0, 0.05) is 23.9 Å². The maximum absolute atomic E-state index is 6.14. The second-order valence-electron chi connectivity index (χ2n) is 5.07. The van der Waals surface area contributed by atoms with Crippen LogP contribution in [0.4, 0.5) is 23.0 Å². The van der Waals surface area contributed by atoms with Gasteiger partial charge >= 0.3 is 0 Å². The smallest absolute Gasteiger partial charge is 0.159 e. The number of aryl methyl sites for hydroxylation is 1. The molecule has 4 N–H and O–H groups in total. The quantitative estimate of drug-likeness (QED) is 0.757. The highest BCUT2D eigenvalue weighted by Gasteiger charge is 2.11. The Labute approximate surface area is 135 Å². The van der Waals surface area contributed by atoms with Gasteiger partial charge in [0.15, 0.2) is 11.6 Å². The average molecular weight is 322 g/mol. The molecule has 7 heteroatoms. The number of nitrogen functional groups attached to an aromatic ring is 1. The zero-order valence-corrected chi connectivity index (χ0v) is 13.6. The molecule has 2 rings (SSSR count). The lowest BCUT2D eigenvalue weighted by atomic mass is 10.2. The average Bonchev–Trinajstić information content (AvgIpc) is 2.46. The summed E-state index contributed by atoms with van der Waals surface area (Å²) in [4.78, 5) is 8.38. The van der Waals surface area contributed by atoms with Crippen molar-refractivity contribution >= 4 is 34.6 Å². The lowest BCUT2D eigenvalue weighted by molar-refractivity contribution is 0.190. The van der Waals surface area contributed by atoms with E-state index in [1.807, 2.05) is 32.0 Å². The number of hydrogen-bond donors (Lipinski definition) is 3. The third kappa shape index (κ3) is 3.99. The number of nitrogens with zero attached hydrogens (tertiary/aromatic N) is 2. The van der Waals surface area contributed by atoms with E-state index in [1.54, 1.807) is 7.11 Å². The molecule has 2 aromatic rings. The molecule has 0 amide bonds. The van der Waals surface area contributed by atoms with Gasteiger partial charge in [0.25, 0.3) is 0 Å². The summed E-state index contributed by atoms with van der Waals surface area (Å²) in [6.45, 7) is 4.51. The molecule has 118 valence electrons. The van der Waals surface area contributed by atoms with Crippen molar-refractivity contribution in [1.82, 2.24) is 9.97 Å². The minimum absolute atomic E-state index is 0.0901. The van der Waals surface area contributed by atoms with Gasteiger partial charge in [-0.25, -0.2) is 9.97 Å². The molecule has 1 aromatic carbocycles. The number of methoxy groups -OCH3 is 1. The minimum atomic E-state index is 0.0901. The first-order chi connectivity index (χ1) is 10.5. The molecule has 1 unspecified atom stereocenters. The summed E-state index contributed by atoms with van der Waals surface area (Å²) in [5.74, 6) is 1.13. The molecule has 0 saturated carbocycles. The van der Waals surface area contributed by atoms with Crippen LogP contribution in [-0.4, -0.2) is 29.7 Å². The first-order valence-corrected chi connectivity index (χ1v) is 7.28. The Hall–Kier alpha value is -2.05. The molecule has 0 fully saturated rings. The number of rotatable bonds is 6. The first-order valence-electron chi connectivity index (χ1n) is 6.90. The van der Waals surface area contributed by atoms with Crippen LogP contribution < -0.4 is 16.4 Å². The highest BCUT2D eigenvalue weighted by atomic mass is 35.5. The Morgan fingerprint density at radius 3 is 2.73 bits per heavy atom. The van der Waals surface area contributed by atoms with E-state index >= 15 is 0 Å². The van der Waals surface area contributed by atoms with Crippen LogP contribution in [0.2, 0.25) is 5.02 Å². The Bertz CT molecular complexity index is 650. The molecule has 0 spiro atoms. The van der Waals surface area contributed by atoms with Crippen molar-refractivity contribution in [2.24, 2.45) is 0 Å². The number of nitrogens with one attached hydrogen (secondary N) is 2. The third-order valence-corrected chi connectivity index (χ3v) is 3.36. The van der Waals surface area contributed by atoms with Gasteiger partial charge in [-0.1, -0.05) is 11.6 Å². The topological polar surface area (TPSA) is 85.1 Å². The molecule has 1 aromatic heterocycles. The summed E-state index contributed by atoms with van der Waals surface area (Å²) in [6.07, 6.45) is 1.46. The second-order valence-corrected chi connectivity index (χ2v) is 5.51. The van der Waals surface area contributed by atoms with E-state index in [0.29, 0.717) is 29.0 Å². The van der Waals surface area contributed by atoms with Crippen LogP contribution in [0.5, 0.6) is 0 Å². The first kappa shape index (κ1) is 16.3. The van der Waals surface area contributed by atoms with E-state index in [1.165, 1.54) is 6.33 Å². The Balaban J connectivity index is 2.21. The van der Waals surface area contributed by atoms with Gasteiger partial charge in [-0.05, 0) is 37.6 Å². The van der Waals surface area contributed by atoms with E-state index in [-0.39, 0.29) is 6.04 Å². The number of nitrogens with two attached hydrogens (primary N) is 1. The van der Waals surface area contributed by atoms with Crippen LogP contribution in [0.15, 0.2) is 24.5 Å². The van der Waals surface area contributed by atoms with Crippen molar-refractivity contribution in [3.05, 3.63) is 35.1 Å². The Morgan fingerprint density at radius 2 is 2.05 bits per heavy atom. The molecular formula is C15H20ClN5O. The van der Waals surface area contributed by atoms with Crippen LogP contribution in [0, 0.1) is 6.92 Å². The maximum atomic E-state index is 6.14. The molecule has 0 aliphatic rings. The molecule has 22 heavy (non-hydrogen) atoms. The fraction of sp³-hybridized carbons (Fsp3) is 0.333. The van der Waals surface area contributed by atoms with Crippen molar-refractivity contribution in [3.8, 4) is 0 Å². The molecule has 0 saturated heterocycles. The van der Waals surface area contributed by atoms with E-state index in [2.05, 4.69) is 20.6 Å². The SMILES string of the molecule is COCC(C)Nc1ncnc(Nc2ccc(Cl)cc2C)c1N. The highest BCUT2D eigenvalue weighted by molar-refractivity contribution is 6.30. The molecule has 1 heterocycles. The summed E-state index contributed by atoms with van der Waals surface area (Å²) in [5.41, 5.74) is 8.50. The zero-order valence-electron chi connectivity index (χ0n) is 12.9. The Morgan fingerprint density at radius 1 is 1.32 bits per heavy atom. The normalized spacial score (nSPS) is 12.0. The van der Waals surface area contributed by atoms with Crippen molar-refractivity contribution in [1.29, 1.82) is 0 Å². The second kappa shape index (κ2) is 7.29. The summed E-state index contributed by atoms with van der Waals surface area (Å²) < 4.78 is 5.09. The predicted molar refractivity (Wildman–Crippen MR) is 90.9 cm³/mol. The van der Waals surface area contributed by atoms with E-state index in [9.17, 15) is 0 Å². The van der Waals surface area contributed by atoms with Crippen molar-refractivity contribution in [3.63, 3.8) is 0 Å². The standard InChI is InChI=1S/C15H20ClN5O/c1-9-6-11(16)4-5-12(9)21-15-13(17)14(18-8-19-15)20-10(2)7-22-3/h4-6,8,10H,7,17H2,1-3H3,(H2,18,19,20,21). The zero-order chi connectivity index (χ0) is 16.1. The molecule has 0 aliphatic heterocycles. The molecule has 0 aliphatic carbocycles. The number of anilines is 4. The molecule has 0 bridgehead atoms. The van der Waals surface area contributed by atoms with Gasteiger partial charge in [-0.15, -0.1) is 0 Å². The lowest BCUT2D eigenvalue weighted by Crippen LogP contribution is -2.22. The van der Waals surface area contributed by atoms with Gasteiger partial charge < -0.3 is 21.1 Å². The summed E-state index contributed by atoms with van der Waals surface area (Å²) in [7, 11) is 1.65. The van der Waals surface area contributed by atoms with Crippen molar-refractivity contribution in [2.45, 2.75) is 19.9 Å². The molecule has 1 atom stereocenters. The van der Waals surface area contributed by atoms with Crippen LogP contribution in [0.1, 0.15) is 12.5 Å². The number of benzene rings is 1. The Kier molecular flexibility index (Phi) is 5.41.